The van der Waals surface area contributed by atoms with Crippen LogP contribution in [0.4, 0.5) is 38.3 Å². The van der Waals surface area contributed by atoms with Gasteiger partial charge in [-0.2, -0.15) is 28.4 Å². The maximum absolute atomic E-state index is 14.3. The molecule has 0 bridgehead atoms. The molecule has 1 amide bonds. The number of ether oxygens (including phenoxy) is 1. The number of piperazine rings is 1. The summed E-state index contributed by atoms with van der Waals surface area (Å²) in [5.41, 5.74) is -0.798. The molecule has 5 rings (SSSR count). The highest BCUT2D eigenvalue weighted by Crippen LogP contribution is 2.40. The van der Waals surface area contributed by atoms with E-state index in [1.165, 1.54) is 4.90 Å². The van der Waals surface area contributed by atoms with E-state index < -0.39 is 41.6 Å². The van der Waals surface area contributed by atoms with Gasteiger partial charge in [-0.3, -0.25) is 9.88 Å². The number of carboxylic acid groups (broad SMARTS) is 1. The second kappa shape index (κ2) is 11.5. The number of rotatable bonds is 6. The number of fused-ring (bicyclic) bond motifs is 1. The zero-order valence-electron chi connectivity index (χ0n) is 21.7. The Hall–Kier alpha value is -4.00. The minimum atomic E-state index is -4.95. The molecule has 2 N–H and O–H groups in total. The van der Waals surface area contributed by atoms with Crippen LogP contribution in [0.5, 0.6) is 6.01 Å². The van der Waals surface area contributed by atoms with Crippen molar-refractivity contribution in [3.63, 3.8) is 0 Å². The molecule has 0 radical (unpaired) electrons. The third-order valence-corrected chi connectivity index (χ3v) is 7.43. The second-order valence-corrected chi connectivity index (χ2v) is 10.1. The molecule has 0 aliphatic carbocycles. The summed E-state index contributed by atoms with van der Waals surface area (Å²) in [6.07, 6.45) is -5.65. The number of carbonyl (C=O) groups is 1. The lowest BCUT2D eigenvalue weighted by molar-refractivity contribution is -0.139. The summed E-state index contributed by atoms with van der Waals surface area (Å²) >= 11 is 0. The topological polar surface area (TPSA) is 131 Å². The molecule has 11 nitrogen and oxygen atoms in total. The SMILES string of the molecule is N#CC[C@H]1CN(c2nc(OC[C@H]3CC(F)CN3C(=O)O)nc3c2CCN(c2cncc(F)c2C(F)(F)F)C3)CCN1. The normalized spacial score (nSPS) is 22.8. The van der Waals surface area contributed by atoms with Gasteiger partial charge in [-0.1, -0.05) is 0 Å². The van der Waals surface area contributed by atoms with Crippen LogP contribution < -0.4 is 19.9 Å². The van der Waals surface area contributed by atoms with Crippen molar-refractivity contribution in [3.8, 4) is 12.1 Å². The average Bonchev–Trinajstić information content (AvgIpc) is 3.31. The predicted molar refractivity (Wildman–Crippen MR) is 134 cm³/mol. The molecule has 0 aromatic carbocycles. The molecule has 1 unspecified atom stereocenters. The summed E-state index contributed by atoms with van der Waals surface area (Å²) in [6.45, 7) is 1.01. The molecule has 41 heavy (non-hydrogen) atoms. The molecule has 2 aromatic rings. The first-order valence-electron chi connectivity index (χ1n) is 13.0. The van der Waals surface area contributed by atoms with E-state index in [-0.39, 0.29) is 57.6 Å². The number of nitriles is 1. The largest absolute Gasteiger partial charge is 0.465 e. The van der Waals surface area contributed by atoms with Gasteiger partial charge in [0.15, 0.2) is 5.82 Å². The Labute approximate surface area is 231 Å². The van der Waals surface area contributed by atoms with Crippen molar-refractivity contribution >= 4 is 17.6 Å². The second-order valence-electron chi connectivity index (χ2n) is 10.1. The highest BCUT2D eigenvalue weighted by atomic mass is 19.4. The molecule has 3 aliphatic heterocycles. The van der Waals surface area contributed by atoms with Gasteiger partial charge in [0.05, 0.1) is 55.4 Å². The van der Waals surface area contributed by atoms with Gasteiger partial charge in [0, 0.05) is 44.2 Å². The molecular formula is C25H27F5N8O3. The van der Waals surface area contributed by atoms with E-state index in [2.05, 4.69) is 26.3 Å². The quantitative estimate of drug-likeness (QED) is 0.491. The zero-order chi connectivity index (χ0) is 29.3. The monoisotopic (exact) mass is 582 g/mol. The number of pyridine rings is 1. The van der Waals surface area contributed by atoms with Crippen molar-refractivity contribution in [2.75, 3.05) is 49.1 Å². The van der Waals surface area contributed by atoms with Gasteiger partial charge in [-0.05, 0) is 6.42 Å². The van der Waals surface area contributed by atoms with E-state index >= 15 is 0 Å². The first kappa shape index (κ1) is 28.5. The lowest BCUT2D eigenvalue weighted by Gasteiger charge is -2.37. The molecule has 0 spiro atoms. The molecule has 2 fully saturated rings. The van der Waals surface area contributed by atoms with E-state index in [1.807, 2.05) is 4.90 Å². The maximum atomic E-state index is 14.3. The third-order valence-electron chi connectivity index (χ3n) is 7.43. The van der Waals surface area contributed by atoms with Crippen LogP contribution in [0, 0.1) is 17.1 Å². The summed E-state index contributed by atoms with van der Waals surface area (Å²) in [5, 5.41) is 21.8. The molecule has 0 saturated carbocycles. The van der Waals surface area contributed by atoms with E-state index in [4.69, 9.17) is 10.00 Å². The number of nitrogens with zero attached hydrogens (tertiary/aromatic N) is 7. The molecular weight excluding hydrogens is 555 g/mol. The number of hydrogen-bond donors (Lipinski definition) is 2. The molecule has 2 aromatic heterocycles. The lowest BCUT2D eigenvalue weighted by atomic mass is 10.0. The Morgan fingerprint density at radius 3 is 2.76 bits per heavy atom. The van der Waals surface area contributed by atoms with Crippen molar-refractivity contribution in [1.29, 1.82) is 5.26 Å². The number of alkyl halides is 4. The third kappa shape index (κ3) is 6.04. The van der Waals surface area contributed by atoms with Gasteiger partial charge >= 0.3 is 18.3 Å². The van der Waals surface area contributed by atoms with Crippen LogP contribution in [0.3, 0.4) is 0 Å². The molecule has 220 valence electrons. The van der Waals surface area contributed by atoms with E-state index in [9.17, 15) is 31.9 Å². The summed E-state index contributed by atoms with van der Waals surface area (Å²) in [4.78, 5) is 28.4. The number of anilines is 2. The summed E-state index contributed by atoms with van der Waals surface area (Å²) < 4.78 is 75.2. The van der Waals surface area contributed by atoms with Crippen LogP contribution in [0.2, 0.25) is 0 Å². The van der Waals surface area contributed by atoms with E-state index in [0.717, 1.165) is 11.1 Å². The number of nitrogens with one attached hydrogen (secondary N) is 1. The smallest absolute Gasteiger partial charge is 0.421 e. The van der Waals surface area contributed by atoms with Gasteiger partial charge in [0.2, 0.25) is 0 Å². The standard InChI is InChI=1S/C25H27F5N8O3/c26-14-7-16(38(10-14)24(39)40)13-41-23-34-19-12-36(20-9-32-8-18(27)21(20)25(28,29)30)5-2-17(19)22(35-23)37-6-4-33-15(11-37)1-3-31/h8-9,14-16,33H,1-2,4-7,10-13H2,(H,39,40)/t14?,15-,16+/m0/s1. The number of halogens is 5. The van der Waals surface area contributed by atoms with Crippen molar-refractivity contribution in [3.05, 3.63) is 35.0 Å². The Balaban J connectivity index is 1.47. The Kier molecular flexibility index (Phi) is 7.98. The fourth-order valence-corrected chi connectivity index (χ4v) is 5.55. The van der Waals surface area contributed by atoms with Gasteiger partial charge in [-0.15, -0.1) is 0 Å². The highest BCUT2D eigenvalue weighted by Gasteiger charge is 2.40. The average molecular weight is 583 g/mol. The van der Waals surface area contributed by atoms with Crippen LogP contribution in [0.25, 0.3) is 0 Å². The highest BCUT2D eigenvalue weighted by molar-refractivity contribution is 5.66. The lowest BCUT2D eigenvalue weighted by Crippen LogP contribution is -2.51. The minimum absolute atomic E-state index is 0.0572. The van der Waals surface area contributed by atoms with Gasteiger partial charge in [0.25, 0.3) is 0 Å². The minimum Gasteiger partial charge on any atom is -0.465 e. The Morgan fingerprint density at radius 2 is 2.02 bits per heavy atom. The van der Waals surface area contributed by atoms with Crippen molar-refractivity contribution in [2.24, 2.45) is 0 Å². The van der Waals surface area contributed by atoms with Gasteiger partial charge < -0.3 is 25.0 Å². The Morgan fingerprint density at radius 1 is 1.22 bits per heavy atom. The van der Waals surface area contributed by atoms with Crippen molar-refractivity contribution < 1.29 is 36.6 Å². The molecule has 16 heteroatoms. The van der Waals surface area contributed by atoms with E-state index in [1.54, 1.807) is 0 Å². The van der Waals surface area contributed by atoms with Crippen LogP contribution in [-0.4, -0.2) is 88.6 Å². The first-order valence-corrected chi connectivity index (χ1v) is 13.0. The summed E-state index contributed by atoms with van der Waals surface area (Å²) in [5.74, 6) is -0.990. The number of likely N-dealkylation sites (tertiary alicyclic amines) is 1. The summed E-state index contributed by atoms with van der Waals surface area (Å²) in [6, 6.07) is 1.08. The molecule has 2 saturated heterocycles. The van der Waals surface area contributed by atoms with Crippen molar-refractivity contribution in [2.45, 2.75) is 50.2 Å². The molecule has 3 atom stereocenters. The number of hydrogen-bond acceptors (Lipinski definition) is 9. The number of amides is 1. The fourth-order valence-electron chi connectivity index (χ4n) is 5.55. The van der Waals surface area contributed by atoms with Gasteiger partial charge in [0.1, 0.15) is 24.2 Å². The fraction of sp³-hybridized carbons (Fsp3) is 0.560. The van der Waals surface area contributed by atoms with Crippen LogP contribution in [0.15, 0.2) is 12.4 Å². The van der Waals surface area contributed by atoms with Crippen LogP contribution >= 0.6 is 0 Å². The van der Waals surface area contributed by atoms with Crippen LogP contribution in [0.1, 0.15) is 29.7 Å². The van der Waals surface area contributed by atoms with Gasteiger partial charge in [-0.25, -0.2) is 13.6 Å². The zero-order valence-corrected chi connectivity index (χ0v) is 21.7. The van der Waals surface area contributed by atoms with Crippen LogP contribution in [-0.2, 0) is 19.1 Å². The number of aromatic nitrogens is 3. The Bertz CT molecular complexity index is 1340. The summed E-state index contributed by atoms with van der Waals surface area (Å²) in [7, 11) is 0. The predicted octanol–water partition coefficient (Wildman–Crippen LogP) is 2.75. The van der Waals surface area contributed by atoms with Crippen molar-refractivity contribution in [1.82, 2.24) is 25.2 Å². The maximum Gasteiger partial charge on any atom is 0.421 e. The first-order chi connectivity index (χ1) is 19.5. The molecule has 3 aliphatic rings. The van der Waals surface area contributed by atoms with E-state index in [0.29, 0.717) is 42.9 Å². The molecule has 5 heterocycles.